The summed E-state index contributed by atoms with van der Waals surface area (Å²) in [5.74, 6) is -5.17. The van der Waals surface area contributed by atoms with Crippen molar-refractivity contribution < 1.29 is 29.1 Å². The van der Waals surface area contributed by atoms with E-state index in [1.165, 1.54) is 6.08 Å². The van der Waals surface area contributed by atoms with Crippen LogP contribution in [0.3, 0.4) is 0 Å². The minimum atomic E-state index is -1.13. The van der Waals surface area contributed by atoms with E-state index in [2.05, 4.69) is 15.9 Å². The Morgan fingerprint density at radius 2 is 1.78 bits per heavy atom. The number of halogens is 1. The Morgan fingerprint density at radius 1 is 1.03 bits per heavy atom. The van der Waals surface area contributed by atoms with E-state index in [4.69, 9.17) is 5.73 Å². The molecule has 4 aliphatic rings. The number of phenolic OH excluding ortho intramolecular Hbond substituents is 1. The number of imide groups is 3. The molecule has 3 N–H and O–H groups in total. The van der Waals surface area contributed by atoms with Crippen molar-refractivity contribution in [2.75, 3.05) is 0 Å². The minimum Gasteiger partial charge on any atom is -0.507 e. The number of nitrogens with two attached hydrogens (primary N) is 1. The van der Waals surface area contributed by atoms with E-state index < -0.39 is 41.5 Å². The topological polar surface area (TPSA) is 135 Å². The van der Waals surface area contributed by atoms with Crippen molar-refractivity contribution in [2.45, 2.75) is 18.8 Å². The Hall–Kier alpha value is -3.85. The number of carbonyl (C=O) groups is 5. The van der Waals surface area contributed by atoms with E-state index in [-0.39, 0.29) is 45.8 Å². The number of hydrogen-bond acceptors (Lipinski definition) is 6. The molecule has 0 unspecified atom stereocenters. The van der Waals surface area contributed by atoms with Gasteiger partial charge in [0.2, 0.25) is 11.8 Å². The molecule has 0 spiro atoms. The number of primary amides is 1. The summed E-state index contributed by atoms with van der Waals surface area (Å²) in [5.41, 5.74) is 6.95. The summed E-state index contributed by atoms with van der Waals surface area (Å²) in [7, 11) is 0. The Morgan fingerprint density at radius 3 is 2.53 bits per heavy atom. The number of hydrogen-bond donors (Lipinski definition) is 2. The standard InChI is InChI=1S/C27H19BrN2O6/c28-18-10-19(31)22-17(24(18)33)9-16-13(7-8-15-21(16)26(35)30(25(15)34)27(29)36)20(22)14-6-5-11-3-1-2-4-12(11)23(14)32/h1-7,10,15-16,20-21,32H,8-9H2,(H2,29,36)/t15-,16+,20+,21-/m0/s1. The third-order valence-electron chi connectivity index (χ3n) is 7.79. The summed E-state index contributed by atoms with van der Waals surface area (Å²) >= 11 is 3.18. The zero-order valence-electron chi connectivity index (χ0n) is 18.7. The fourth-order valence-electron chi connectivity index (χ4n) is 6.28. The van der Waals surface area contributed by atoms with E-state index >= 15 is 0 Å². The summed E-state index contributed by atoms with van der Waals surface area (Å²) in [6.45, 7) is 0. The molecule has 1 aliphatic heterocycles. The van der Waals surface area contributed by atoms with Crippen LogP contribution in [0, 0.1) is 17.8 Å². The second-order valence-corrected chi connectivity index (χ2v) is 10.3. The Labute approximate surface area is 213 Å². The Kier molecular flexibility index (Phi) is 4.91. The van der Waals surface area contributed by atoms with Crippen molar-refractivity contribution in [2.24, 2.45) is 23.5 Å². The van der Waals surface area contributed by atoms with E-state index in [0.717, 1.165) is 5.39 Å². The second kappa shape index (κ2) is 7.83. The quantitative estimate of drug-likeness (QED) is 0.319. The first kappa shape index (κ1) is 22.6. The van der Waals surface area contributed by atoms with E-state index in [1.807, 2.05) is 24.3 Å². The van der Waals surface area contributed by atoms with Crippen molar-refractivity contribution in [3.63, 3.8) is 0 Å². The summed E-state index contributed by atoms with van der Waals surface area (Å²) in [6.07, 6.45) is 3.29. The first-order chi connectivity index (χ1) is 17.2. The first-order valence-electron chi connectivity index (χ1n) is 11.5. The lowest BCUT2D eigenvalue weighted by Crippen LogP contribution is -2.42. The second-order valence-electron chi connectivity index (χ2n) is 9.47. The number of aromatic hydroxyl groups is 1. The number of rotatable bonds is 1. The van der Waals surface area contributed by atoms with Crippen molar-refractivity contribution in [1.29, 1.82) is 0 Å². The van der Waals surface area contributed by atoms with E-state index in [9.17, 15) is 29.1 Å². The maximum absolute atomic E-state index is 13.3. The molecule has 36 heavy (non-hydrogen) atoms. The lowest BCUT2D eigenvalue weighted by molar-refractivity contribution is -0.136. The van der Waals surface area contributed by atoms with Gasteiger partial charge in [-0.25, -0.2) is 4.79 Å². The van der Waals surface area contributed by atoms with Crippen LogP contribution in [-0.4, -0.2) is 39.4 Å². The predicted molar refractivity (Wildman–Crippen MR) is 132 cm³/mol. The van der Waals surface area contributed by atoms with Gasteiger partial charge in [0.25, 0.3) is 0 Å². The van der Waals surface area contributed by atoms with Gasteiger partial charge < -0.3 is 10.8 Å². The van der Waals surface area contributed by atoms with Crippen LogP contribution in [0.5, 0.6) is 5.75 Å². The van der Waals surface area contributed by atoms with Gasteiger partial charge in [0, 0.05) is 34.1 Å². The van der Waals surface area contributed by atoms with Gasteiger partial charge in [0.05, 0.1) is 16.3 Å². The van der Waals surface area contributed by atoms with E-state index in [0.29, 0.717) is 21.4 Å². The highest BCUT2D eigenvalue weighted by molar-refractivity contribution is 9.12. The lowest BCUT2D eigenvalue weighted by Gasteiger charge is -2.42. The van der Waals surface area contributed by atoms with Gasteiger partial charge in [-0.2, -0.15) is 4.90 Å². The normalized spacial score (nSPS) is 27.5. The summed E-state index contributed by atoms with van der Waals surface area (Å²) < 4.78 is 0.111. The third-order valence-corrected chi connectivity index (χ3v) is 8.38. The van der Waals surface area contributed by atoms with Gasteiger partial charge in [-0.05, 0) is 40.1 Å². The van der Waals surface area contributed by atoms with Crippen molar-refractivity contribution >= 4 is 56.1 Å². The summed E-state index contributed by atoms with van der Waals surface area (Å²) in [5, 5.41) is 12.7. The fraction of sp³-hybridized carbons (Fsp3) is 0.222. The fourth-order valence-corrected chi connectivity index (χ4v) is 6.73. The number of allylic oxidation sites excluding steroid dienone is 6. The molecule has 9 heteroatoms. The molecule has 6 rings (SSSR count). The molecular weight excluding hydrogens is 528 g/mol. The van der Waals surface area contributed by atoms with Crippen LogP contribution in [0.2, 0.25) is 0 Å². The zero-order valence-corrected chi connectivity index (χ0v) is 20.3. The minimum absolute atomic E-state index is 0.0184. The van der Waals surface area contributed by atoms with Crippen LogP contribution in [0.1, 0.15) is 24.3 Å². The number of Topliss-reactive ketones (excluding diaryl/α,β-unsaturated/α-hetero) is 1. The molecule has 0 aromatic heterocycles. The van der Waals surface area contributed by atoms with Crippen LogP contribution in [0.15, 0.2) is 69.8 Å². The van der Waals surface area contributed by atoms with Gasteiger partial charge in [0.1, 0.15) is 5.75 Å². The highest BCUT2D eigenvalue weighted by Gasteiger charge is 2.57. The molecule has 2 aromatic carbocycles. The SMILES string of the molecule is NC(=O)N1C(=O)[C@H]2[C@H](CC=C3[C@H](c4ccc5ccccc5c4O)C4=C(C[C@H]32)C(=O)C(Br)=CC4=O)C1=O. The highest BCUT2D eigenvalue weighted by Crippen LogP contribution is 2.56. The third kappa shape index (κ3) is 2.95. The van der Waals surface area contributed by atoms with Crippen LogP contribution in [0.25, 0.3) is 10.8 Å². The predicted octanol–water partition coefficient (Wildman–Crippen LogP) is 3.39. The van der Waals surface area contributed by atoms with Gasteiger partial charge in [-0.15, -0.1) is 0 Å². The van der Waals surface area contributed by atoms with Crippen molar-refractivity contribution in [3.8, 4) is 5.75 Å². The molecule has 0 bridgehead atoms. The Balaban J connectivity index is 1.58. The number of carbonyl (C=O) groups excluding carboxylic acids is 5. The maximum atomic E-state index is 13.3. The molecule has 2 aromatic rings. The number of benzene rings is 2. The van der Waals surface area contributed by atoms with Gasteiger partial charge >= 0.3 is 6.03 Å². The number of phenols is 1. The molecule has 180 valence electrons. The lowest BCUT2D eigenvalue weighted by atomic mass is 9.59. The number of likely N-dealkylation sites (tertiary alicyclic amines) is 1. The molecule has 4 amide bonds. The van der Waals surface area contributed by atoms with Crippen LogP contribution < -0.4 is 5.73 Å². The van der Waals surface area contributed by atoms with Crippen molar-refractivity contribution in [1.82, 2.24) is 4.90 Å². The number of ketones is 2. The highest BCUT2D eigenvalue weighted by atomic mass is 79.9. The largest absolute Gasteiger partial charge is 0.507 e. The molecule has 4 atom stereocenters. The molecule has 1 saturated heterocycles. The van der Waals surface area contributed by atoms with Crippen LogP contribution in [0.4, 0.5) is 4.79 Å². The molecule has 3 aliphatic carbocycles. The van der Waals surface area contributed by atoms with Gasteiger partial charge in [-0.3, -0.25) is 19.2 Å². The monoisotopic (exact) mass is 546 g/mol. The smallest absolute Gasteiger partial charge is 0.328 e. The first-order valence-corrected chi connectivity index (χ1v) is 12.3. The maximum Gasteiger partial charge on any atom is 0.328 e. The molecular formula is C27H19BrN2O6. The number of fused-ring (bicyclic) bond motifs is 4. The zero-order chi connectivity index (χ0) is 25.5. The summed E-state index contributed by atoms with van der Waals surface area (Å²) in [6, 6.07) is 9.69. The molecule has 1 fully saturated rings. The number of nitrogens with zero attached hydrogens (tertiary/aromatic N) is 1. The van der Waals surface area contributed by atoms with Crippen LogP contribution >= 0.6 is 15.9 Å². The van der Waals surface area contributed by atoms with Gasteiger partial charge in [0.15, 0.2) is 11.6 Å². The molecule has 1 heterocycles. The molecule has 8 nitrogen and oxygen atoms in total. The molecule has 0 saturated carbocycles. The average Bonchev–Trinajstić information content (AvgIpc) is 3.12. The van der Waals surface area contributed by atoms with E-state index in [1.54, 1.807) is 18.2 Å². The average molecular weight is 547 g/mol. The van der Waals surface area contributed by atoms with Gasteiger partial charge in [-0.1, -0.05) is 48.0 Å². The number of urea groups is 1. The summed E-state index contributed by atoms with van der Waals surface area (Å²) in [4.78, 5) is 65.0. The number of amides is 4. The molecule has 0 radical (unpaired) electrons. The van der Waals surface area contributed by atoms with Crippen molar-refractivity contribution in [3.05, 3.63) is 75.3 Å². The Bertz CT molecular complexity index is 1550. The van der Waals surface area contributed by atoms with Crippen LogP contribution in [-0.2, 0) is 19.2 Å².